The smallest absolute Gasteiger partial charge is 0.264 e. The summed E-state index contributed by atoms with van der Waals surface area (Å²) in [5.74, 6) is -0.674. The zero-order chi connectivity index (χ0) is 14.4. The zero-order valence-corrected chi connectivity index (χ0v) is 11.8. The van der Waals surface area contributed by atoms with E-state index in [0.717, 1.165) is 6.29 Å². The summed E-state index contributed by atoms with van der Waals surface area (Å²) < 4.78 is 30.1. The number of carbonyl (C=O) groups excluding carboxylic acids is 2. The summed E-state index contributed by atoms with van der Waals surface area (Å²) in [5, 5.41) is 2.64. The van der Waals surface area contributed by atoms with Gasteiger partial charge in [0.2, 0.25) is 5.91 Å². The molecule has 18 heavy (non-hydrogen) atoms. The highest BCUT2D eigenvalue weighted by atomic mass is 32.2. The molecule has 0 saturated heterocycles. The largest absolute Gasteiger partial charge is 0.354 e. The summed E-state index contributed by atoms with van der Waals surface area (Å²) >= 11 is 0. The summed E-state index contributed by atoms with van der Waals surface area (Å²) in [6.07, 6.45) is 1.73. The van der Waals surface area contributed by atoms with Crippen LogP contribution in [-0.4, -0.2) is 37.0 Å². The topological polar surface area (TPSA) is 101 Å². The summed E-state index contributed by atoms with van der Waals surface area (Å²) in [4.78, 5) is 21.5. The highest BCUT2D eigenvalue weighted by Gasteiger charge is 2.24. The molecule has 0 rings (SSSR count). The highest BCUT2D eigenvalue weighted by Crippen LogP contribution is 2.26. The van der Waals surface area contributed by atoms with E-state index in [2.05, 4.69) is 5.32 Å². The Kier molecular flexibility index (Phi) is 6.48. The summed E-state index contributed by atoms with van der Waals surface area (Å²) in [6.45, 7) is 5.07. The number of carbonyl (C=O) groups is 2. The maximum atomic E-state index is 11.0. The van der Waals surface area contributed by atoms with Gasteiger partial charge in [0, 0.05) is 19.4 Å². The lowest BCUT2D eigenvalue weighted by atomic mass is 9.82. The first-order valence-corrected chi connectivity index (χ1v) is 7.32. The van der Waals surface area contributed by atoms with Crippen molar-refractivity contribution in [1.29, 1.82) is 0 Å². The quantitative estimate of drug-likeness (QED) is 0.505. The molecule has 0 radical (unpaired) electrons. The van der Waals surface area contributed by atoms with E-state index in [0.29, 0.717) is 12.8 Å². The van der Waals surface area contributed by atoms with Crippen molar-refractivity contribution in [2.45, 2.75) is 46.1 Å². The second-order valence-corrected chi connectivity index (χ2v) is 6.78. The minimum atomic E-state index is -4.04. The van der Waals surface area contributed by atoms with Crippen LogP contribution in [-0.2, 0) is 19.7 Å². The van der Waals surface area contributed by atoms with Gasteiger partial charge in [0.25, 0.3) is 10.1 Å². The molecule has 0 aromatic carbocycles. The summed E-state index contributed by atoms with van der Waals surface area (Å²) in [5.41, 5.74) is -0.325. The van der Waals surface area contributed by atoms with Crippen LogP contribution in [0.3, 0.4) is 0 Å². The van der Waals surface area contributed by atoms with Gasteiger partial charge in [-0.1, -0.05) is 13.8 Å². The Morgan fingerprint density at radius 1 is 1.44 bits per heavy atom. The average Bonchev–Trinajstić information content (AvgIpc) is 2.11. The van der Waals surface area contributed by atoms with E-state index in [4.69, 9.17) is 4.55 Å². The van der Waals surface area contributed by atoms with Crippen LogP contribution in [0.25, 0.3) is 0 Å². The average molecular weight is 279 g/mol. The van der Waals surface area contributed by atoms with Crippen LogP contribution in [0.4, 0.5) is 0 Å². The molecule has 0 fully saturated rings. The molecule has 2 N–H and O–H groups in total. The van der Waals surface area contributed by atoms with Crippen molar-refractivity contribution in [1.82, 2.24) is 5.32 Å². The Bertz CT molecular complexity index is 388. The fraction of sp³-hybridized carbons (Fsp3) is 0.818. The summed E-state index contributed by atoms with van der Waals surface area (Å²) in [6, 6.07) is -0.376. The van der Waals surface area contributed by atoms with Gasteiger partial charge < -0.3 is 10.1 Å². The Hall–Kier alpha value is -0.950. The van der Waals surface area contributed by atoms with Gasteiger partial charge >= 0.3 is 0 Å². The number of nitrogens with one attached hydrogen (secondary N) is 1. The van der Waals surface area contributed by atoms with Crippen LogP contribution in [0.5, 0.6) is 0 Å². The first kappa shape index (κ1) is 17.1. The van der Waals surface area contributed by atoms with Gasteiger partial charge in [-0.2, -0.15) is 8.42 Å². The standard InChI is InChI=1S/C11H21NO5S/c1-9(14)12-10(4-7-18(15,16)17)8-11(2,3)5-6-13/h6,10H,4-5,7-8H2,1-3H3,(H,12,14)(H,15,16,17). The fourth-order valence-corrected chi connectivity index (χ4v) is 2.36. The third kappa shape index (κ3) is 9.12. The van der Waals surface area contributed by atoms with Gasteiger partial charge in [0.05, 0.1) is 5.75 Å². The van der Waals surface area contributed by atoms with E-state index >= 15 is 0 Å². The van der Waals surface area contributed by atoms with Crippen LogP contribution in [0.2, 0.25) is 0 Å². The lowest BCUT2D eigenvalue weighted by Gasteiger charge is -2.28. The molecule has 106 valence electrons. The predicted molar refractivity (Wildman–Crippen MR) is 67.7 cm³/mol. The molecular weight excluding hydrogens is 258 g/mol. The maximum Gasteiger partial charge on any atom is 0.264 e. The van der Waals surface area contributed by atoms with Gasteiger partial charge in [-0.3, -0.25) is 9.35 Å². The lowest BCUT2D eigenvalue weighted by Crippen LogP contribution is -2.38. The van der Waals surface area contributed by atoms with Crippen molar-refractivity contribution in [2.75, 3.05) is 5.75 Å². The molecular formula is C11H21NO5S. The lowest BCUT2D eigenvalue weighted by molar-refractivity contribution is -0.119. The first-order valence-electron chi connectivity index (χ1n) is 5.71. The van der Waals surface area contributed by atoms with Crippen molar-refractivity contribution in [3.8, 4) is 0 Å². The van der Waals surface area contributed by atoms with E-state index in [1.165, 1.54) is 6.92 Å². The van der Waals surface area contributed by atoms with Gasteiger partial charge in [-0.05, 0) is 18.3 Å². The summed E-state index contributed by atoms with van der Waals surface area (Å²) in [7, 11) is -4.04. The molecule has 6 nitrogen and oxygen atoms in total. The first-order chi connectivity index (χ1) is 8.06. The Morgan fingerprint density at radius 3 is 2.39 bits per heavy atom. The van der Waals surface area contributed by atoms with E-state index < -0.39 is 15.9 Å². The van der Waals surface area contributed by atoms with Crippen LogP contribution >= 0.6 is 0 Å². The Labute approximate surface area is 108 Å². The molecule has 1 atom stereocenters. The second kappa shape index (κ2) is 6.84. The maximum absolute atomic E-state index is 11.0. The fourth-order valence-electron chi connectivity index (χ4n) is 1.78. The second-order valence-electron chi connectivity index (χ2n) is 5.21. The minimum absolute atomic E-state index is 0.126. The molecule has 0 aliphatic carbocycles. The Morgan fingerprint density at radius 2 is 2.00 bits per heavy atom. The number of hydrogen-bond acceptors (Lipinski definition) is 4. The number of rotatable bonds is 8. The van der Waals surface area contributed by atoms with Crippen LogP contribution in [0.15, 0.2) is 0 Å². The van der Waals surface area contributed by atoms with Crippen LogP contribution in [0, 0.1) is 5.41 Å². The number of amides is 1. The van der Waals surface area contributed by atoms with Crippen molar-refractivity contribution in [3.63, 3.8) is 0 Å². The van der Waals surface area contributed by atoms with Gasteiger partial charge in [0.1, 0.15) is 6.29 Å². The van der Waals surface area contributed by atoms with Gasteiger partial charge in [-0.25, -0.2) is 0 Å². The predicted octanol–water partition coefficient (Wildman–Crippen LogP) is 0.774. The number of aldehydes is 1. The molecule has 1 amide bonds. The zero-order valence-electron chi connectivity index (χ0n) is 11.0. The van der Waals surface area contributed by atoms with Crippen LogP contribution in [0.1, 0.15) is 40.0 Å². The van der Waals surface area contributed by atoms with Crippen molar-refractivity contribution >= 4 is 22.3 Å². The third-order valence-electron chi connectivity index (χ3n) is 2.57. The normalized spacial score (nSPS) is 14.0. The van der Waals surface area contributed by atoms with E-state index in [1.807, 2.05) is 13.8 Å². The van der Waals surface area contributed by atoms with Crippen molar-refractivity contribution in [2.24, 2.45) is 5.41 Å². The molecule has 0 saturated carbocycles. The van der Waals surface area contributed by atoms with Gasteiger partial charge in [-0.15, -0.1) is 0 Å². The molecule has 0 aliphatic rings. The SMILES string of the molecule is CC(=O)NC(CCS(=O)(=O)O)CC(C)(C)CC=O. The van der Waals surface area contributed by atoms with E-state index in [1.54, 1.807) is 0 Å². The van der Waals surface area contributed by atoms with Gasteiger partial charge in [0.15, 0.2) is 0 Å². The molecule has 0 heterocycles. The number of hydrogen-bond donors (Lipinski definition) is 2. The van der Waals surface area contributed by atoms with E-state index in [-0.39, 0.29) is 23.8 Å². The van der Waals surface area contributed by atoms with E-state index in [9.17, 15) is 18.0 Å². The highest BCUT2D eigenvalue weighted by molar-refractivity contribution is 7.85. The molecule has 7 heteroatoms. The van der Waals surface area contributed by atoms with Crippen LogP contribution < -0.4 is 5.32 Å². The third-order valence-corrected chi connectivity index (χ3v) is 3.32. The molecule has 0 aromatic heterocycles. The minimum Gasteiger partial charge on any atom is -0.354 e. The molecule has 0 aliphatic heterocycles. The molecule has 0 aromatic rings. The molecule has 0 spiro atoms. The van der Waals surface area contributed by atoms with Crippen molar-refractivity contribution < 1.29 is 22.6 Å². The Balaban J connectivity index is 4.58. The molecule has 0 bridgehead atoms. The monoisotopic (exact) mass is 279 g/mol. The molecule has 1 unspecified atom stereocenters. The van der Waals surface area contributed by atoms with Crippen molar-refractivity contribution in [3.05, 3.63) is 0 Å².